The van der Waals surface area contributed by atoms with E-state index in [-0.39, 0.29) is 24.9 Å². The lowest BCUT2D eigenvalue weighted by molar-refractivity contribution is -0.137. The van der Waals surface area contributed by atoms with Crippen LogP contribution in [0.25, 0.3) is 0 Å². The van der Waals surface area contributed by atoms with Crippen LogP contribution in [0.3, 0.4) is 0 Å². The number of unbranched alkanes of at least 4 members (excludes halogenated alkanes) is 1. The van der Waals surface area contributed by atoms with Gasteiger partial charge in [-0.25, -0.2) is 4.79 Å². The van der Waals surface area contributed by atoms with Crippen molar-refractivity contribution in [3.63, 3.8) is 0 Å². The van der Waals surface area contributed by atoms with Crippen molar-refractivity contribution in [1.82, 2.24) is 10.6 Å². The SMILES string of the molecule is N#CCCCC(NC(=O)NCC(O)COc1ccc(C(F)(F)F)cc1)c1ccccc1. The molecule has 2 rings (SSSR count). The number of halogens is 3. The van der Waals surface area contributed by atoms with Gasteiger partial charge < -0.3 is 20.5 Å². The number of aliphatic hydroxyl groups excluding tert-OH is 1. The summed E-state index contributed by atoms with van der Waals surface area (Å²) in [6, 6.07) is 14.8. The predicted octanol–water partition coefficient (Wildman–Crippen LogP) is 4.18. The van der Waals surface area contributed by atoms with E-state index < -0.39 is 23.9 Å². The molecule has 0 aromatic heterocycles. The van der Waals surface area contributed by atoms with E-state index in [1.807, 2.05) is 30.3 Å². The molecule has 31 heavy (non-hydrogen) atoms. The first-order valence-electron chi connectivity index (χ1n) is 9.74. The highest BCUT2D eigenvalue weighted by Gasteiger charge is 2.30. The first kappa shape index (κ1) is 24.0. The first-order chi connectivity index (χ1) is 14.8. The zero-order chi connectivity index (χ0) is 22.7. The number of hydrogen-bond acceptors (Lipinski definition) is 4. The number of hydrogen-bond donors (Lipinski definition) is 3. The summed E-state index contributed by atoms with van der Waals surface area (Å²) >= 11 is 0. The number of nitriles is 1. The average Bonchev–Trinajstić information content (AvgIpc) is 2.76. The number of nitrogens with one attached hydrogen (secondary N) is 2. The Kier molecular flexibility index (Phi) is 9.15. The largest absolute Gasteiger partial charge is 0.491 e. The number of nitrogens with zero attached hydrogens (tertiary/aromatic N) is 1. The van der Waals surface area contributed by atoms with E-state index in [9.17, 15) is 23.1 Å². The zero-order valence-corrected chi connectivity index (χ0v) is 16.7. The minimum Gasteiger partial charge on any atom is -0.491 e. The maximum Gasteiger partial charge on any atom is 0.416 e. The van der Waals surface area contributed by atoms with Crippen LogP contribution in [0.4, 0.5) is 18.0 Å². The Morgan fingerprint density at radius 3 is 2.42 bits per heavy atom. The smallest absolute Gasteiger partial charge is 0.416 e. The molecule has 2 amide bonds. The van der Waals surface area contributed by atoms with Crippen molar-refractivity contribution in [2.24, 2.45) is 0 Å². The molecule has 0 aliphatic carbocycles. The highest BCUT2D eigenvalue weighted by molar-refractivity contribution is 5.74. The number of rotatable bonds is 10. The van der Waals surface area contributed by atoms with Crippen LogP contribution < -0.4 is 15.4 Å². The van der Waals surface area contributed by atoms with Crippen molar-refractivity contribution in [3.05, 3.63) is 65.7 Å². The minimum atomic E-state index is -4.43. The molecule has 166 valence electrons. The molecule has 0 spiro atoms. The maximum atomic E-state index is 12.6. The standard InChI is InChI=1S/C22H24F3N3O3/c23-22(24,25)17-9-11-19(12-10-17)31-15-18(29)14-27-21(30)28-20(8-4-5-13-26)16-6-2-1-3-7-16/h1-3,6-7,9-12,18,20,29H,4-5,8,14-15H2,(H2,27,28,30). The molecular weight excluding hydrogens is 411 g/mol. The summed E-state index contributed by atoms with van der Waals surface area (Å²) in [4.78, 5) is 12.2. The zero-order valence-electron chi connectivity index (χ0n) is 16.7. The number of carbonyl (C=O) groups excluding carboxylic acids is 1. The fourth-order valence-corrected chi connectivity index (χ4v) is 2.80. The monoisotopic (exact) mass is 435 g/mol. The number of alkyl halides is 3. The van der Waals surface area contributed by atoms with E-state index in [1.54, 1.807) is 0 Å². The van der Waals surface area contributed by atoms with Crippen LogP contribution >= 0.6 is 0 Å². The quantitative estimate of drug-likeness (QED) is 0.488. The third kappa shape index (κ3) is 8.56. The number of aliphatic hydroxyl groups is 1. The molecule has 3 N–H and O–H groups in total. The molecule has 2 aromatic carbocycles. The average molecular weight is 435 g/mol. The summed E-state index contributed by atoms with van der Waals surface area (Å²) < 4.78 is 42.9. The topological polar surface area (TPSA) is 94.4 Å². The molecule has 0 aliphatic rings. The van der Waals surface area contributed by atoms with Gasteiger partial charge in [-0.3, -0.25) is 0 Å². The molecule has 2 atom stereocenters. The molecule has 0 aliphatic heterocycles. The molecule has 0 radical (unpaired) electrons. The minimum absolute atomic E-state index is 0.105. The van der Waals surface area contributed by atoms with Crippen LogP contribution in [-0.2, 0) is 6.18 Å². The lowest BCUT2D eigenvalue weighted by Gasteiger charge is -2.20. The number of carbonyl (C=O) groups is 1. The maximum absolute atomic E-state index is 12.6. The van der Waals surface area contributed by atoms with Gasteiger partial charge in [0.15, 0.2) is 0 Å². The fraction of sp³-hybridized carbons (Fsp3) is 0.364. The highest BCUT2D eigenvalue weighted by Crippen LogP contribution is 2.30. The van der Waals surface area contributed by atoms with Gasteiger partial charge in [0, 0.05) is 13.0 Å². The molecule has 0 saturated heterocycles. The van der Waals surface area contributed by atoms with Crippen LogP contribution in [0.5, 0.6) is 5.75 Å². The normalized spacial score (nSPS) is 13.0. The number of amides is 2. The van der Waals surface area contributed by atoms with Gasteiger partial charge in [0.05, 0.1) is 17.7 Å². The van der Waals surface area contributed by atoms with Crippen molar-refractivity contribution in [1.29, 1.82) is 5.26 Å². The Balaban J connectivity index is 1.78. The van der Waals surface area contributed by atoms with Gasteiger partial charge in [-0.15, -0.1) is 0 Å². The van der Waals surface area contributed by atoms with E-state index in [2.05, 4.69) is 16.7 Å². The van der Waals surface area contributed by atoms with Crippen LogP contribution in [0.2, 0.25) is 0 Å². The third-order valence-electron chi connectivity index (χ3n) is 4.41. The number of ether oxygens (including phenoxy) is 1. The summed E-state index contributed by atoms with van der Waals surface area (Å²) in [5.74, 6) is 0.179. The molecule has 0 heterocycles. The lowest BCUT2D eigenvalue weighted by atomic mass is 10.0. The van der Waals surface area contributed by atoms with Gasteiger partial charge in [-0.05, 0) is 42.7 Å². The molecule has 6 nitrogen and oxygen atoms in total. The second-order valence-corrected chi connectivity index (χ2v) is 6.85. The molecule has 2 unspecified atom stereocenters. The molecule has 0 bridgehead atoms. The van der Waals surface area contributed by atoms with Crippen molar-refractivity contribution in [2.75, 3.05) is 13.2 Å². The summed E-state index contributed by atoms with van der Waals surface area (Å²) in [6.07, 6.45) is -3.89. The second kappa shape index (κ2) is 11.8. The van der Waals surface area contributed by atoms with Gasteiger partial charge >= 0.3 is 12.2 Å². The Bertz CT molecular complexity index is 852. The first-order valence-corrected chi connectivity index (χ1v) is 9.74. The van der Waals surface area contributed by atoms with E-state index in [4.69, 9.17) is 10.00 Å². The molecule has 9 heteroatoms. The van der Waals surface area contributed by atoms with Crippen LogP contribution in [-0.4, -0.2) is 30.4 Å². The summed E-state index contributed by atoms with van der Waals surface area (Å²) in [5, 5.41) is 24.1. The molecular formula is C22H24F3N3O3. The fourth-order valence-electron chi connectivity index (χ4n) is 2.80. The van der Waals surface area contributed by atoms with E-state index in [0.717, 1.165) is 17.7 Å². The van der Waals surface area contributed by atoms with Crippen LogP contribution in [0.1, 0.15) is 36.4 Å². The van der Waals surface area contributed by atoms with Crippen molar-refractivity contribution < 1.29 is 27.8 Å². The Morgan fingerprint density at radius 1 is 1.13 bits per heavy atom. The number of urea groups is 1. The van der Waals surface area contributed by atoms with Gasteiger partial charge in [-0.2, -0.15) is 18.4 Å². The molecule has 2 aromatic rings. The van der Waals surface area contributed by atoms with Crippen molar-refractivity contribution in [3.8, 4) is 11.8 Å². The highest BCUT2D eigenvalue weighted by atomic mass is 19.4. The van der Waals surface area contributed by atoms with E-state index in [1.165, 1.54) is 12.1 Å². The van der Waals surface area contributed by atoms with E-state index >= 15 is 0 Å². The molecule has 0 fully saturated rings. The van der Waals surface area contributed by atoms with Gasteiger partial charge in [0.25, 0.3) is 0 Å². The van der Waals surface area contributed by atoms with Gasteiger partial charge in [0.1, 0.15) is 18.5 Å². The number of benzene rings is 2. The Morgan fingerprint density at radius 2 is 1.81 bits per heavy atom. The summed E-state index contributed by atoms with van der Waals surface area (Å²) in [6.45, 7) is -0.303. The Labute approximate surface area is 178 Å². The second-order valence-electron chi connectivity index (χ2n) is 6.85. The third-order valence-corrected chi connectivity index (χ3v) is 4.41. The van der Waals surface area contributed by atoms with Gasteiger partial charge in [-0.1, -0.05) is 30.3 Å². The van der Waals surface area contributed by atoms with Crippen LogP contribution in [0, 0.1) is 11.3 Å². The summed E-state index contributed by atoms with van der Waals surface area (Å²) in [7, 11) is 0. The van der Waals surface area contributed by atoms with E-state index in [0.29, 0.717) is 19.3 Å². The lowest BCUT2D eigenvalue weighted by Crippen LogP contribution is -2.42. The predicted molar refractivity (Wildman–Crippen MR) is 108 cm³/mol. The van der Waals surface area contributed by atoms with Crippen molar-refractivity contribution >= 4 is 6.03 Å². The van der Waals surface area contributed by atoms with Gasteiger partial charge in [0.2, 0.25) is 0 Å². The Hall–Kier alpha value is -3.25. The van der Waals surface area contributed by atoms with Crippen molar-refractivity contribution in [2.45, 2.75) is 37.6 Å². The van der Waals surface area contributed by atoms with Crippen LogP contribution in [0.15, 0.2) is 54.6 Å². The molecule has 0 saturated carbocycles. The summed E-state index contributed by atoms with van der Waals surface area (Å²) in [5.41, 5.74) is 0.114.